The first-order chi connectivity index (χ1) is 13.1. The molecule has 0 saturated carbocycles. The van der Waals surface area contributed by atoms with Crippen LogP contribution >= 0.6 is 0 Å². The number of hydroxylamine groups is 1. The van der Waals surface area contributed by atoms with Crippen LogP contribution in [0, 0.1) is 5.82 Å². The molecule has 0 bridgehead atoms. The molecule has 3 rings (SSSR count). The molecule has 2 amide bonds. The lowest BCUT2D eigenvalue weighted by Crippen LogP contribution is -2.43. The van der Waals surface area contributed by atoms with Crippen molar-refractivity contribution >= 4 is 11.8 Å². The molecule has 0 aliphatic heterocycles. The minimum absolute atomic E-state index is 0.143. The molecule has 4 N–H and O–H groups in total. The molecule has 27 heavy (non-hydrogen) atoms. The zero-order valence-electron chi connectivity index (χ0n) is 14.7. The van der Waals surface area contributed by atoms with Gasteiger partial charge in [-0.15, -0.1) is 0 Å². The Morgan fingerprint density at radius 1 is 1.15 bits per heavy atom. The molecule has 1 aliphatic rings. The molecule has 0 spiro atoms. The summed E-state index contributed by atoms with van der Waals surface area (Å²) in [6.07, 6.45) is 2.71. The number of hydrogen-bond donors (Lipinski definition) is 4. The number of carbonyl (C=O) groups excluding carboxylic acids is 2. The van der Waals surface area contributed by atoms with Crippen molar-refractivity contribution in [3.8, 4) is 0 Å². The summed E-state index contributed by atoms with van der Waals surface area (Å²) >= 11 is 0. The second kappa shape index (κ2) is 8.75. The van der Waals surface area contributed by atoms with E-state index in [1.165, 1.54) is 29.2 Å². The number of amides is 2. The van der Waals surface area contributed by atoms with Crippen LogP contribution in [0.2, 0.25) is 0 Å². The topological polar surface area (TPSA) is 90.5 Å². The maximum absolute atomic E-state index is 14.3. The average Bonchev–Trinajstić information content (AvgIpc) is 2.69. The second-order valence-corrected chi connectivity index (χ2v) is 6.52. The second-order valence-electron chi connectivity index (χ2n) is 6.52. The van der Waals surface area contributed by atoms with Gasteiger partial charge in [0.15, 0.2) is 0 Å². The van der Waals surface area contributed by atoms with Crippen LogP contribution in [0.1, 0.15) is 41.6 Å². The van der Waals surface area contributed by atoms with Crippen LogP contribution in [-0.4, -0.2) is 23.6 Å². The third-order valence-corrected chi connectivity index (χ3v) is 4.76. The minimum atomic E-state index is -1.06. The van der Waals surface area contributed by atoms with E-state index in [9.17, 15) is 14.0 Å². The van der Waals surface area contributed by atoms with Crippen molar-refractivity contribution in [1.82, 2.24) is 16.1 Å². The molecule has 0 radical (unpaired) electrons. The fourth-order valence-corrected chi connectivity index (χ4v) is 3.45. The third kappa shape index (κ3) is 4.50. The average molecular weight is 371 g/mol. The van der Waals surface area contributed by atoms with Gasteiger partial charge in [0, 0.05) is 5.56 Å². The fraction of sp³-hybridized carbons (Fsp3) is 0.300. The van der Waals surface area contributed by atoms with E-state index in [-0.39, 0.29) is 18.2 Å². The lowest BCUT2D eigenvalue weighted by atomic mass is 9.87. The maximum Gasteiger partial charge on any atom is 0.257 e. The molecule has 0 aromatic heterocycles. The number of carbonyl (C=O) groups is 2. The SMILES string of the molecule is O=C(CNC(C(=O)NC1CCCc2ccccc21)c1ccccc1F)NO. The molecule has 7 heteroatoms. The van der Waals surface area contributed by atoms with Gasteiger partial charge < -0.3 is 5.32 Å². The summed E-state index contributed by atoms with van der Waals surface area (Å²) in [5.41, 5.74) is 3.90. The van der Waals surface area contributed by atoms with Gasteiger partial charge in [-0.2, -0.15) is 0 Å². The summed E-state index contributed by atoms with van der Waals surface area (Å²) in [7, 11) is 0. The first-order valence-electron chi connectivity index (χ1n) is 8.89. The van der Waals surface area contributed by atoms with Crippen LogP contribution in [0.5, 0.6) is 0 Å². The molecular weight excluding hydrogens is 349 g/mol. The Bertz CT molecular complexity index is 828. The van der Waals surface area contributed by atoms with Crippen LogP contribution in [0.15, 0.2) is 48.5 Å². The number of fused-ring (bicyclic) bond motifs is 1. The molecular formula is C20H22FN3O3. The zero-order chi connectivity index (χ0) is 19.2. The van der Waals surface area contributed by atoms with Gasteiger partial charge in [0.1, 0.15) is 11.9 Å². The first-order valence-corrected chi connectivity index (χ1v) is 8.89. The number of nitrogens with one attached hydrogen (secondary N) is 3. The molecule has 2 aromatic rings. The third-order valence-electron chi connectivity index (χ3n) is 4.76. The van der Waals surface area contributed by atoms with E-state index in [1.807, 2.05) is 24.3 Å². The van der Waals surface area contributed by atoms with Crippen LogP contribution in [-0.2, 0) is 16.0 Å². The number of benzene rings is 2. The number of rotatable bonds is 6. The molecule has 6 nitrogen and oxygen atoms in total. The van der Waals surface area contributed by atoms with Crippen molar-refractivity contribution in [2.24, 2.45) is 0 Å². The molecule has 0 fully saturated rings. The van der Waals surface area contributed by atoms with Crippen LogP contribution in [0.4, 0.5) is 4.39 Å². The van der Waals surface area contributed by atoms with Gasteiger partial charge in [0.25, 0.3) is 5.91 Å². The lowest BCUT2D eigenvalue weighted by Gasteiger charge is -2.28. The molecule has 142 valence electrons. The Kier molecular flexibility index (Phi) is 6.16. The van der Waals surface area contributed by atoms with Gasteiger partial charge in [-0.3, -0.25) is 20.1 Å². The Morgan fingerprint density at radius 2 is 1.89 bits per heavy atom. The van der Waals surface area contributed by atoms with Gasteiger partial charge in [0.2, 0.25) is 5.91 Å². The van der Waals surface area contributed by atoms with E-state index >= 15 is 0 Å². The fourth-order valence-electron chi connectivity index (χ4n) is 3.45. The van der Waals surface area contributed by atoms with Crippen LogP contribution < -0.4 is 16.1 Å². The summed E-state index contributed by atoms with van der Waals surface area (Å²) in [5, 5.41) is 14.4. The van der Waals surface area contributed by atoms with E-state index in [4.69, 9.17) is 5.21 Å². The van der Waals surface area contributed by atoms with Gasteiger partial charge in [-0.05, 0) is 36.5 Å². The van der Waals surface area contributed by atoms with E-state index in [0.29, 0.717) is 0 Å². The van der Waals surface area contributed by atoms with E-state index in [0.717, 1.165) is 24.8 Å². The van der Waals surface area contributed by atoms with Crippen molar-refractivity contribution in [2.45, 2.75) is 31.3 Å². The highest BCUT2D eigenvalue weighted by molar-refractivity contribution is 5.85. The lowest BCUT2D eigenvalue weighted by molar-refractivity contribution is -0.129. The van der Waals surface area contributed by atoms with Gasteiger partial charge in [0.05, 0.1) is 12.6 Å². The maximum atomic E-state index is 14.3. The van der Waals surface area contributed by atoms with E-state index in [2.05, 4.69) is 10.6 Å². The van der Waals surface area contributed by atoms with Crippen molar-refractivity contribution in [3.63, 3.8) is 0 Å². The smallest absolute Gasteiger partial charge is 0.257 e. The monoisotopic (exact) mass is 371 g/mol. The number of hydrogen-bond acceptors (Lipinski definition) is 4. The quantitative estimate of drug-likeness (QED) is 0.463. The van der Waals surface area contributed by atoms with Gasteiger partial charge in [-0.1, -0.05) is 42.5 Å². The largest absolute Gasteiger partial charge is 0.348 e. The van der Waals surface area contributed by atoms with Crippen LogP contribution in [0.3, 0.4) is 0 Å². The Balaban J connectivity index is 1.81. The summed E-state index contributed by atoms with van der Waals surface area (Å²) < 4.78 is 14.3. The zero-order valence-corrected chi connectivity index (χ0v) is 14.7. The van der Waals surface area contributed by atoms with E-state index in [1.54, 1.807) is 6.07 Å². The van der Waals surface area contributed by atoms with Crippen molar-refractivity contribution in [1.29, 1.82) is 0 Å². The van der Waals surface area contributed by atoms with Crippen molar-refractivity contribution in [3.05, 3.63) is 71.0 Å². The first kappa shape index (κ1) is 19.0. The highest BCUT2D eigenvalue weighted by Gasteiger charge is 2.28. The highest BCUT2D eigenvalue weighted by Crippen LogP contribution is 2.30. The Morgan fingerprint density at radius 3 is 2.67 bits per heavy atom. The standard InChI is InChI=1S/C20H22FN3O3/c21-16-10-4-3-9-15(16)19(22-12-18(25)24-27)20(26)23-17-11-5-7-13-6-1-2-8-14(13)17/h1-4,6,8-10,17,19,22,27H,5,7,11-12H2,(H,23,26)(H,24,25). The van der Waals surface area contributed by atoms with Gasteiger partial charge in [-0.25, -0.2) is 9.87 Å². The number of aryl methyl sites for hydroxylation is 1. The molecule has 0 heterocycles. The van der Waals surface area contributed by atoms with Crippen LogP contribution in [0.25, 0.3) is 0 Å². The molecule has 2 unspecified atom stereocenters. The van der Waals surface area contributed by atoms with Crippen molar-refractivity contribution < 1.29 is 19.2 Å². The normalized spacial score (nSPS) is 16.9. The minimum Gasteiger partial charge on any atom is -0.348 e. The summed E-state index contributed by atoms with van der Waals surface area (Å²) in [6.45, 7) is -0.329. The number of halogens is 1. The summed E-state index contributed by atoms with van der Waals surface area (Å²) in [6, 6.07) is 12.6. The molecule has 2 atom stereocenters. The van der Waals surface area contributed by atoms with Crippen molar-refractivity contribution in [2.75, 3.05) is 6.54 Å². The molecule has 0 saturated heterocycles. The molecule has 2 aromatic carbocycles. The highest BCUT2D eigenvalue weighted by atomic mass is 19.1. The Hall–Kier alpha value is -2.77. The van der Waals surface area contributed by atoms with Gasteiger partial charge >= 0.3 is 0 Å². The Labute approximate surface area is 156 Å². The predicted molar refractivity (Wildman–Crippen MR) is 97.3 cm³/mol. The summed E-state index contributed by atoms with van der Waals surface area (Å²) in [4.78, 5) is 24.3. The predicted octanol–water partition coefficient (Wildman–Crippen LogP) is 2.16. The summed E-state index contributed by atoms with van der Waals surface area (Å²) in [5.74, 6) is -1.68. The molecule has 1 aliphatic carbocycles. The van der Waals surface area contributed by atoms with E-state index < -0.39 is 23.7 Å².